The summed E-state index contributed by atoms with van der Waals surface area (Å²) in [6.07, 6.45) is -2.31. The van der Waals surface area contributed by atoms with Crippen LogP contribution in [-0.4, -0.2) is 45.3 Å². The molecule has 4 atom stereocenters. The Morgan fingerprint density at radius 3 is 1.90 bits per heavy atom. The molecule has 4 N–H and O–H groups in total. The number of hydrogen-bond acceptors (Lipinski definition) is 7. The van der Waals surface area contributed by atoms with Crippen molar-refractivity contribution in [2.75, 3.05) is 13.7 Å². The van der Waals surface area contributed by atoms with Crippen LogP contribution >= 0.6 is 23.5 Å². The van der Waals surface area contributed by atoms with E-state index >= 15 is 0 Å². The predicted molar refractivity (Wildman–Crippen MR) is 61.2 cm³/mol. The average Bonchev–Trinajstić information content (AvgIpc) is 2.20. The van der Waals surface area contributed by atoms with E-state index < -0.39 is 42.1 Å². The molecule has 0 aliphatic heterocycles. The molecule has 0 amide bonds. The number of phosphoric acid groups is 3. The minimum Gasteiger partial charge on any atom is -0.345 e. The van der Waals surface area contributed by atoms with Crippen LogP contribution < -0.4 is 0 Å². The van der Waals surface area contributed by atoms with Crippen LogP contribution in [0, 0.1) is 0 Å². The standard InChI is InChI=1S/C5H13F2O11P3/c1-4(6)5(7,15-2)3-16-20(11,12)18-21(13,14)17-19(8,9)10/h4H,3H2,1-2H3,(H,11,12)(H,13,14)(H2,8,9,10)/t4-,5+/m0/s1. The second-order valence-corrected chi connectivity index (χ2v) is 7.89. The van der Waals surface area contributed by atoms with Crippen molar-refractivity contribution in [3.8, 4) is 0 Å². The first-order valence-electron chi connectivity index (χ1n) is 4.79. The Morgan fingerprint density at radius 1 is 1.10 bits per heavy atom. The van der Waals surface area contributed by atoms with Crippen LogP contribution in [0.25, 0.3) is 0 Å². The number of alkyl halides is 2. The second-order valence-electron chi connectivity index (χ2n) is 3.47. The molecule has 0 radical (unpaired) electrons. The lowest BCUT2D eigenvalue weighted by Crippen LogP contribution is -2.39. The van der Waals surface area contributed by atoms with Crippen LogP contribution in [-0.2, 0) is 31.6 Å². The van der Waals surface area contributed by atoms with Gasteiger partial charge < -0.3 is 24.3 Å². The van der Waals surface area contributed by atoms with Gasteiger partial charge in [0.15, 0.2) is 6.17 Å². The maximum absolute atomic E-state index is 13.6. The van der Waals surface area contributed by atoms with Gasteiger partial charge in [-0.1, -0.05) is 0 Å². The Bertz CT molecular complexity index is 490. The van der Waals surface area contributed by atoms with Crippen LogP contribution in [0.1, 0.15) is 6.92 Å². The van der Waals surface area contributed by atoms with Crippen molar-refractivity contribution >= 4 is 23.5 Å². The molecular formula is C5H13F2O11P3. The molecule has 0 heterocycles. The molecule has 0 aromatic carbocycles. The van der Waals surface area contributed by atoms with Gasteiger partial charge in [-0.05, 0) is 6.92 Å². The Hall–Kier alpha value is 0.230. The molecule has 16 heteroatoms. The van der Waals surface area contributed by atoms with E-state index in [1.165, 1.54) is 0 Å². The van der Waals surface area contributed by atoms with Crippen molar-refractivity contribution in [1.29, 1.82) is 0 Å². The van der Waals surface area contributed by atoms with E-state index in [2.05, 4.69) is 17.9 Å². The molecule has 0 aromatic rings. The molecule has 0 aliphatic rings. The van der Waals surface area contributed by atoms with Gasteiger partial charge in [-0.2, -0.15) is 8.62 Å². The number of phosphoric ester groups is 1. The number of hydrogen-bond donors (Lipinski definition) is 4. The normalized spacial score (nSPS) is 22.9. The van der Waals surface area contributed by atoms with Gasteiger partial charge in [-0.15, -0.1) is 0 Å². The van der Waals surface area contributed by atoms with Crippen LogP contribution in [0.3, 0.4) is 0 Å². The zero-order chi connectivity index (χ0) is 17.1. The third kappa shape index (κ3) is 8.44. The molecule has 0 fully saturated rings. The van der Waals surface area contributed by atoms with Gasteiger partial charge in [0.25, 0.3) is 5.85 Å². The van der Waals surface area contributed by atoms with Crippen LogP contribution in [0.2, 0.25) is 0 Å². The second kappa shape index (κ2) is 7.20. The van der Waals surface area contributed by atoms with Gasteiger partial charge >= 0.3 is 23.5 Å². The molecule has 0 aromatic heterocycles. The van der Waals surface area contributed by atoms with E-state index in [9.17, 15) is 22.5 Å². The predicted octanol–water partition coefficient (Wildman–Crippen LogP) is 1.000. The summed E-state index contributed by atoms with van der Waals surface area (Å²) >= 11 is 0. The molecule has 0 aliphatic carbocycles. The zero-order valence-electron chi connectivity index (χ0n) is 10.5. The Morgan fingerprint density at radius 2 is 1.57 bits per heavy atom. The van der Waals surface area contributed by atoms with E-state index in [1.54, 1.807) is 0 Å². The van der Waals surface area contributed by atoms with E-state index in [0.717, 1.165) is 7.11 Å². The number of rotatable bonds is 9. The summed E-state index contributed by atoms with van der Waals surface area (Å²) in [5, 5.41) is 0. The topological polar surface area (TPSA) is 169 Å². The molecule has 0 saturated carbocycles. The summed E-state index contributed by atoms with van der Waals surface area (Å²) < 4.78 is 73.5. The molecule has 2 unspecified atom stereocenters. The molecule has 21 heavy (non-hydrogen) atoms. The van der Waals surface area contributed by atoms with E-state index in [1.807, 2.05) is 0 Å². The molecule has 0 spiro atoms. The first kappa shape index (κ1) is 21.2. The van der Waals surface area contributed by atoms with Crippen molar-refractivity contribution in [3.05, 3.63) is 0 Å². The minimum absolute atomic E-state index is 0.698. The van der Waals surface area contributed by atoms with Crippen molar-refractivity contribution in [1.82, 2.24) is 0 Å². The summed E-state index contributed by atoms with van der Waals surface area (Å²) in [5.41, 5.74) is 0. The molecule has 128 valence electrons. The molecule has 0 bridgehead atoms. The first-order valence-corrected chi connectivity index (χ1v) is 9.31. The minimum atomic E-state index is -5.71. The van der Waals surface area contributed by atoms with Crippen molar-refractivity contribution in [2.24, 2.45) is 0 Å². The van der Waals surface area contributed by atoms with Gasteiger partial charge in [0.05, 0.1) is 0 Å². The maximum atomic E-state index is 13.6. The fraction of sp³-hybridized carbons (Fsp3) is 1.00. The summed E-state index contributed by atoms with van der Waals surface area (Å²) in [6, 6.07) is 0. The first-order chi connectivity index (χ1) is 9.13. The highest BCUT2D eigenvalue weighted by Gasteiger charge is 2.44. The summed E-state index contributed by atoms with van der Waals surface area (Å²) in [5.74, 6) is -3.16. The number of methoxy groups -OCH3 is 1. The van der Waals surface area contributed by atoms with Crippen LogP contribution in [0.4, 0.5) is 8.78 Å². The van der Waals surface area contributed by atoms with Crippen LogP contribution in [0.5, 0.6) is 0 Å². The average molecular weight is 380 g/mol. The highest BCUT2D eigenvalue weighted by Crippen LogP contribution is 2.66. The van der Waals surface area contributed by atoms with Gasteiger partial charge in [0, 0.05) is 7.11 Å². The van der Waals surface area contributed by atoms with Crippen LogP contribution in [0.15, 0.2) is 0 Å². The molecular weight excluding hydrogens is 367 g/mol. The van der Waals surface area contributed by atoms with E-state index in [0.29, 0.717) is 6.92 Å². The van der Waals surface area contributed by atoms with Crippen molar-refractivity contribution < 1.29 is 59.9 Å². The largest absolute Gasteiger partial charge is 0.490 e. The van der Waals surface area contributed by atoms with Gasteiger partial charge in [-0.25, -0.2) is 22.5 Å². The Labute approximate surface area is 117 Å². The quantitative estimate of drug-likeness (QED) is 0.421. The van der Waals surface area contributed by atoms with Gasteiger partial charge in [-0.3, -0.25) is 4.52 Å². The smallest absolute Gasteiger partial charge is 0.345 e. The monoisotopic (exact) mass is 380 g/mol. The lowest BCUT2D eigenvalue weighted by Gasteiger charge is -2.25. The summed E-state index contributed by atoms with van der Waals surface area (Å²) in [7, 11) is -16.0. The third-order valence-electron chi connectivity index (χ3n) is 1.77. The fourth-order valence-corrected chi connectivity index (χ4v) is 3.84. The summed E-state index contributed by atoms with van der Waals surface area (Å²) in [6.45, 7) is -0.825. The lowest BCUT2D eigenvalue weighted by atomic mass is 10.2. The highest BCUT2D eigenvalue weighted by molar-refractivity contribution is 7.66. The number of ether oxygens (including phenoxy) is 1. The SMILES string of the molecule is CO[C@](F)(COP(=O)(O)OP(=O)(O)OP(=O)(O)O)[C@H](C)F. The lowest BCUT2D eigenvalue weighted by molar-refractivity contribution is -0.184. The third-order valence-corrected chi connectivity index (χ3v) is 5.56. The van der Waals surface area contributed by atoms with E-state index in [-0.39, 0.29) is 0 Å². The van der Waals surface area contributed by atoms with Gasteiger partial charge in [0.2, 0.25) is 0 Å². The van der Waals surface area contributed by atoms with E-state index in [4.69, 9.17) is 19.6 Å². The van der Waals surface area contributed by atoms with Crippen molar-refractivity contribution in [3.63, 3.8) is 0 Å². The Balaban J connectivity index is 4.83. The zero-order valence-corrected chi connectivity index (χ0v) is 13.2. The van der Waals surface area contributed by atoms with Crippen molar-refractivity contribution in [2.45, 2.75) is 19.0 Å². The molecule has 0 saturated heterocycles. The Kier molecular flexibility index (Phi) is 7.28. The maximum Gasteiger partial charge on any atom is 0.490 e. The van der Waals surface area contributed by atoms with Gasteiger partial charge in [0.1, 0.15) is 6.61 Å². The highest BCUT2D eigenvalue weighted by atomic mass is 31.3. The fourth-order valence-electron chi connectivity index (χ4n) is 0.809. The summed E-state index contributed by atoms with van der Waals surface area (Å²) in [4.78, 5) is 34.3. The molecule has 0 rings (SSSR count). The number of halogens is 2. The molecule has 11 nitrogen and oxygen atoms in total.